The van der Waals surface area contributed by atoms with Crippen LogP contribution in [0.2, 0.25) is 0 Å². The molecular formula is C17H16FN7O. The van der Waals surface area contributed by atoms with E-state index in [1.54, 1.807) is 10.6 Å². The van der Waals surface area contributed by atoms with Crippen molar-refractivity contribution in [1.82, 2.24) is 24.8 Å². The zero-order chi connectivity index (χ0) is 17.8. The van der Waals surface area contributed by atoms with Crippen molar-refractivity contribution < 1.29 is 8.81 Å². The highest BCUT2D eigenvalue weighted by atomic mass is 19.1. The second-order valence-electron chi connectivity index (χ2n) is 6.49. The van der Waals surface area contributed by atoms with Crippen molar-refractivity contribution >= 4 is 28.6 Å². The van der Waals surface area contributed by atoms with E-state index in [9.17, 15) is 4.39 Å². The molecule has 1 aromatic carbocycles. The van der Waals surface area contributed by atoms with Gasteiger partial charge >= 0.3 is 0 Å². The van der Waals surface area contributed by atoms with E-state index in [1.807, 2.05) is 31.0 Å². The topological polar surface area (TPSA) is 75.6 Å². The normalized spacial score (nSPS) is 15.0. The summed E-state index contributed by atoms with van der Waals surface area (Å²) in [7, 11) is 1.93. The number of rotatable bonds is 3. The van der Waals surface area contributed by atoms with Crippen LogP contribution in [0, 0.1) is 12.7 Å². The van der Waals surface area contributed by atoms with E-state index in [0.717, 1.165) is 30.4 Å². The van der Waals surface area contributed by atoms with Crippen molar-refractivity contribution in [2.45, 2.75) is 13.0 Å². The number of anilines is 2. The fourth-order valence-electron chi connectivity index (χ4n) is 3.14. The SMILES string of the molecule is Cc1nnc2ccc(N3CC(N(C)c4nc5ccc(F)cc5o4)C3)nn12. The number of benzene rings is 1. The lowest BCUT2D eigenvalue weighted by Crippen LogP contribution is -2.59. The van der Waals surface area contributed by atoms with Crippen molar-refractivity contribution in [2.75, 3.05) is 29.9 Å². The van der Waals surface area contributed by atoms with Crippen LogP contribution in [0.5, 0.6) is 0 Å². The molecule has 0 N–H and O–H groups in total. The molecule has 26 heavy (non-hydrogen) atoms. The molecule has 9 heteroatoms. The molecule has 1 aliphatic rings. The Morgan fingerprint density at radius 2 is 2.04 bits per heavy atom. The molecule has 0 unspecified atom stereocenters. The van der Waals surface area contributed by atoms with Gasteiger partial charge in [0.05, 0.1) is 6.04 Å². The van der Waals surface area contributed by atoms with E-state index in [-0.39, 0.29) is 11.9 Å². The van der Waals surface area contributed by atoms with E-state index in [2.05, 4.69) is 25.2 Å². The van der Waals surface area contributed by atoms with E-state index >= 15 is 0 Å². The van der Waals surface area contributed by atoms with Crippen molar-refractivity contribution in [3.8, 4) is 0 Å². The van der Waals surface area contributed by atoms with Crippen LogP contribution in [0.25, 0.3) is 16.7 Å². The first kappa shape index (κ1) is 15.1. The first-order chi connectivity index (χ1) is 12.6. The fourth-order valence-corrected chi connectivity index (χ4v) is 3.14. The smallest absolute Gasteiger partial charge is 0.298 e. The van der Waals surface area contributed by atoms with Gasteiger partial charge < -0.3 is 14.2 Å². The molecule has 4 heterocycles. The Kier molecular flexibility index (Phi) is 3.12. The molecule has 1 aliphatic heterocycles. The summed E-state index contributed by atoms with van der Waals surface area (Å²) in [6.07, 6.45) is 0. The maximum atomic E-state index is 13.3. The zero-order valence-corrected chi connectivity index (χ0v) is 14.3. The first-order valence-electron chi connectivity index (χ1n) is 8.31. The summed E-state index contributed by atoms with van der Waals surface area (Å²) >= 11 is 0. The van der Waals surface area contributed by atoms with Gasteiger partial charge in [0.25, 0.3) is 6.01 Å². The monoisotopic (exact) mass is 353 g/mol. The van der Waals surface area contributed by atoms with Gasteiger partial charge in [-0.3, -0.25) is 0 Å². The van der Waals surface area contributed by atoms with Crippen molar-refractivity contribution in [3.05, 3.63) is 42.0 Å². The Morgan fingerprint density at radius 1 is 1.19 bits per heavy atom. The molecule has 1 saturated heterocycles. The van der Waals surface area contributed by atoms with Crippen LogP contribution in [-0.4, -0.2) is 51.0 Å². The van der Waals surface area contributed by atoms with Crippen LogP contribution < -0.4 is 9.80 Å². The molecule has 0 spiro atoms. The lowest BCUT2D eigenvalue weighted by molar-refractivity contribution is 0.455. The lowest BCUT2D eigenvalue weighted by atomic mass is 10.1. The molecule has 3 aromatic heterocycles. The quantitative estimate of drug-likeness (QED) is 0.558. The third-order valence-corrected chi connectivity index (χ3v) is 4.78. The maximum absolute atomic E-state index is 13.3. The minimum absolute atomic E-state index is 0.243. The van der Waals surface area contributed by atoms with Crippen LogP contribution in [0.15, 0.2) is 34.7 Å². The molecule has 4 aromatic rings. The highest BCUT2D eigenvalue weighted by Crippen LogP contribution is 2.27. The summed E-state index contributed by atoms with van der Waals surface area (Å²) in [5.74, 6) is 1.31. The van der Waals surface area contributed by atoms with Gasteiger partial charge in [0.2, 0.25) is 0 Å². The minimum atomic E-state index is -0.330. The van der Waals surface area contributed by atoms with Crippen LogP contribution in [0.1, 0.15) is 5.82 Å². The van der Waals surface area contributed by atoms with Crippen molar-refractivity contribution in [3.63, 3.8) is 0 Å². The molecular weight excluding hydrogens is 337 g/mol. The number of oxazole rings is 1. The van der Waals surface area contributed by atoms with Crippen LogP contribution in [0.3, 0.4) is 0 Å². The molecule has 132 valence electrons. The largest absolute Gasteiger partial charge is 0.423 e. The average Bonchev–Trinajstić information content (AvgIpc) is 3.17. The van der Waals surface area contributed by atoms with Crippen LogP contribution in [-0.2, 0) is 0 Å². The lowest BCUT2D eigenvalue weighted by Gasteiger charge is -2.43. The Bertz CT molecular complexity index is 1110. The number of nitrogens with zero attached hydrogens (tertiary/aromatic N) is 7. The van der Waals surface area contributed by atoms with Gasteiger partial charge in [-0.25, -0.2) is 4.39 Å². The molecule has 0 saturated carbocycles. The fraction of sp³-hybridized carbons (Fsp3) is 0.294. The van der Waals surface area contributed by atoms with Crippen LogP contribution >= 0.6 is 0 Å². The van der Waals surface area contributed by atoms with Crippen molar-refractivity contribution in [1.29, 1.82) is 0 Å². The highest BCUT2D eigenvalue weighted by Gasteiger charge is 2.33. The highest BCUT2D eigenvalue weighted by molar-refractivity contribution is 5.74. The summed E-state index contributed by atoms with van der Waals surface area (Å²) in [6.45, 7) is 3.46. The minimum Gasteiger partial charge on any atom is -0.423 e. The van der Waals surface area contributed by atoms with E-state index < -0.39 is 0 Å². The number of halogens is 1. The number of aryl methyl sites for hydroxylation is 1. The van der Waals surface area contributed by atoms with Gasteiger partial charge in [0.1, 0.15) is 17.2 Å². The maximum Gasteiger partial charge on any atom is 0.298 e. The van der Waals surface area contributed by atoms with E-state index in [1.165, 1.54) is 12.1 Å². The number of hydrogen-bond acceptors (Lipinski definition) is 7. The summed E-state index contributed by atoms with van der Waals surface area (Å²) in [5.41, 5.74) is 1.84. The second-order valence-corrected chi connectivity index (χ2v) is 6.49. The molecule has 0 bridgehead atoms. The zero-order valence-electron chi connectivity index (χ0n) is 14.3. The van der Waals surface area contributed by atoms with Gasteiger partial charge in [-0.2, -0.15) is 9.50 Å². The third kappa shape index (κ3) is 2.27. The standard InChI is InChI=1S/C17H16FN7O/c1-10-20-21-15-5-6-16(22-25(10)15)24-8-12(9-24)23(2)17-19-13-4-3-11(18)7-14(13)26-17/h3-7,12H,8-9H2,1-2H3. The Morgan fingerprint density at radius 3 is 2.88 bits per heavy atom. The van der Waals surface area contributed by atoms with E-state index in [4.69, 9.17) is 4.42 Å². The first-order valence-corrected chi connectivity index (χ1v) is 8.31. The number of likely N-dealkylation sites (N-methyl/N-ethyl adjacent to an activating group) is 1. The average molecular weight is 353 g/mol. The molecule has 0 radical (unpaired) electrons. The molecule has 5 rings (SSSR count). The predicted molar refractivity (Wildman–Crippen MR) is 93.9 cm³/mol. The van der Waals surface area contributed by atoms with Gasteiger partial charge in [-0.05, 0) is 31.2 Å². The second kappa shape index (κ2) is 5.38. The summed E-state index contributed by atoms with van der Waals surface area (Å²) in [4.78, 5) is 8.59. The molecule has 0 amide bonds. The van der Waals surface area contributed by atoms with Gasteiger partial charge in [-0.1, -0.05) is 0 Å². The summed E-state index contributed by atoms with van der Waals surface area (Å²) in [6, 6.07) is 8.96. The predicted octanol–water partition coefficient (Wildman–Crippen LogP) is 2.04. The number of fused-ring (bicyclic) bond motifs is 2. The van der Waals surface area contributed by atoms with Crippen LogP contribution in [0.4, 0.5) is 16.2 Å². The molecule has 0 aliphatic carbocycles. The summed E-state index contributed by atoms with van der Waals surface area (Å²) < 4.78 is 20.7. The van der Waals surface area contributed by atoms with Gasteiger partial charge in [0.15, 0.2) is 17.1 Å². The van der Waals surface area contributed by atoms with Crippen molar-refractivity contribution in [2.24, 2.45) is 0 Å². The number of hydrogen-bond donors (Lipinski definition) is 0. The van der Waals surface area contributed by atoms with Gasteiger partial charge in [-0.15, -0.1) is 15.3 Å². The molecule has 0 atom stereocenters. The summed E-state index contributed by atoms with van der Waals surface area (Å²) in [5, 5.41) is 12.7. The molecule has 1 fully saturated rings. The third-order valence-electron chi connectivity index (χ3n) is 4.78. The molecule has 8 nitrogen and oxygen atoms in total. The van der Waals surface area contributed by atoms with E-state index in [0.29, 0.717) is 17.1 Å². The van der Waals surface area contributed by atoms with Gasteiger partial charge in [0, 0.05) is 26.2 Å². The number of aromatic nitrogens is 5. The Balaban J connectivity index is 1.33. The Hall–Kier alpha value is -3.23. The Labute approximate surface area is 147 Å².